The van der Waals surface area contributed by atoms with Gasteiger partial charge in [0.05, 0.1) is 6.26 Å². The second-order valence-electron chi connectivity index (χ2n) is 5.01. The minimum atomic E-state index is -4.46. The lowest BCUT2D eigenvalue weighted by molar-refractivity contribution is -0.143. The van der Waals surface area contributed by atoms with E-state index in [-0.39, 0.29) is 11.2 Å². The molecule has 1 aliphatic rings. The monoisotopic (exact) mass is 293 g/mol. The molecule has 0 bridgehead atoms. The van der Waals surface area contributed by atoms with Gasteiger partial charge in [0.15, 0.2) is 17.1 Å². The van der Waals surface area contributed by atoms with Crippen molar-refractivity contribution < 1.29 is 17.6 Å². The van der Waals surface area contributed by atoms with E-state index in [0.29, 0.717) is 36.4 Å². The molecule has 0 radical (unpaired) electrons. The zero-order valence-corrected chi connectivity index (χ0v) is 10.8. The number of rotatable bonds is 1. The van der Waals surface area contributed by atoms with E-state index < -0.39 is 11.9 Å². The Balaban J connectivity index is 2.03. The molecule has 0 aliphatic heterocycles. The summed E-state index contributed by atoms with van der Waals surface area (Å²) in [5, 5.41) is 4.04. The summed E-state index contributed by atoms with van der Waals surface area (Å²) in [5.41, 5.74) is 0.638. The second-order valence-corrected chi connectivity index (χ2v) is 5.01. The first kappa shape index (κ1) is 12.4. The molecule has 0 spiro atoms. The molecule has 108 valence electrons. The van der Waals surface area contributed by atoms with Gasteiger partial charge < -0.3 is 4.42 Å². The van der Waals surface area contributed by atoms with Gasteiger partial charge in [0, 0.05) is 17.3 Å². The number of fused-ring (bicyclic) bond motifs is 2. The van der Waals surface area contributed by atoms with Crippen LogP contribution in [0.3, 0.4) is 0 Å². The average molecular weight is 293 g/mol. The van der Waals surface area contributed by atoms with Gasteiger partial charge >= 0.3 is 6.18 Å². The van der Waals surface area contributed by atoms with Gasteiger partial charge in [-0.3, -0.25) is 0 Å². The first-order chi connectivity index (χ1) is 10.0. The van der Waals surface area contributed by atoms with E-state index in [1.807, 2.05) is 0 Å². The molecule has 0 amide bonds. The molecule has 0 fully saturated rings. The van der Waals surface area contributed by atoms with Gasteiger partial charge in [-0.05, 0) is 31.4 Å². The lowest BCUT2D eigenvalue weighted by Gasteiger charge is -2.13. The molecule has 0 unspecified atom stereocenters. The summed E-state index contributed by atoms with van der Waals surface area (Å²) in [4.78, 5) is 4.32. The van der Waals surface area contributed by atoms with Crippen LogP contribution in [0.5, 0.6) is 0 Å². The minimum absolute atomic E-state index is 0.203. The Morgan fingerprint density at radius 3 is 2.81 bits per heavy atom. The average Bonchev–Trinajstić information content (AvgIpc) is 3.13. The molecule has 3 heterocycles. The molecule has 3 aromatic heterocycles. The zero-order chi connectivity index (χ0) is 14.6. The van der Waals surface area contributed by atoms with Gasteiger partial charge in [0.25, 0.3) is 0 Å². The fourth-order valence-corrected chi connectivity index (χ4v) is 2.82. The summed E-state index contributed by atoms with van der Waals surface area (Å²) >= 11 is 0. The SMILES string of the molecule is FC(F)(F)c1c2c(nc3cc(-c4ccco4)nn13)CCC2. The Labute approximate surface area is 117 Å². The smallest absolute Gasteiger partial charge is 0.433 e. The van der Waals surface area contributed by atoms with Gasteiger partial charge in [-0.1, -0.05) is 0 Å². The number of halogens is 3. The van der Waals surface area contributed by atoms with E-state index in [1.54, 1.807) is 12.1 Å². The molecule has 4 rings (SSSR count). The van der Waals surface area contributed by atoms with Crippen LogP contribution in [0.2, 0.25) is 0 Å². The third kappa shape index (κ3) is 1.84. The van der Waals surface area contributed by atoms with E-state index in [1.165, 1.54) is 12.3 Å². The van der Waals surface area contributed by atoms with Crippen molar-refractivity contribution in [2.45, 2.75) is 25.4 Å². The van der Waals surface area contributed by atoms with Gasteiger partial charge in [0.2, 0.25) is 0 Å². The largest absolute Gasteiger partial charge is 0.463 e. The minimum Gasteiger partial charge on any atom is -0.463 e. The van der Waals surface area contributed by atoms with Gasteiger partial charge in [-0.2, -0.15) is 18.3 Å². The van der Waals surface area contributed by atoms with E-state index >= 15 is 0 Å². The van der Waals surface area contributed by atoms with Crippen molar-refractivity contribution in [3.63, 3.8) is 0 Å². The summed E-state index contributed by atoms with van der Waals surface area (Å²) in [6.07, 6.45) is -1.33. The van der Waals surface area contributed by atoms with Gasteiger partial charge in [0.1, 0.15) is 5.69 Å². The zero-order valence-electron chi connectivity index (χ0n) is 10.8. The van der Waals surface area contributed by atoms with Crippen molar-refractivity contribution >= 4 is 5.65 Å². The molecular weight excluding hydrogens is 283 g/mol. The van der Waals surface area contributed by atoms with E-state index in [2.05, 4.69) is 10.1 Å². The predicted molar refractivity (Wildman–Crippen MR) is 67.7 cm³/mol. The van der Waals surface area contributed by atoms with Crippen molar-refractivity contribution in [2.75, 3.05) is 0 Å². The van der Waals surface area contributed by atoms with Crippen LogP contribution in [0.1, 0.15) is 23.4 Å². The summed E-state index contributed by atoms with van der Waals surface area (Å²) < 4.78 is 46.3. The molecule has 1 aliphatic carbocycles. The standard InChI is InChI=1S/C14H10F3N3O/c15-14(16,17)13-8-3-1-4-9(8)18-12-7-10(19-20(12)13)11-5-2-6-21-11/h2,5-7H,1,3-4H2. The fraction of sp³-hybridized carbons (Fsp3) is 0.286. The van der Waals surface area contributed by atoms with Crippen LogP contribution < -0.4 is 0 Å². The third-order valence-corrected chi connectivity index (χ3v) is 3.67. The maximum atomic E-state index is 13.4. The number of hydrogen-bond donors (Lipinski definition) is 0. The summed E-state index contributed by atoms with van der Waals surface area (Å²) in [6.45, 7) is 0. The van der Waals surface area contributed by atoms with Gasteiger partial charge in [-0.25, -0.2) is 9.50 Å². The first-order valence-corrected chi connectivity index (χ1v) is 6.56. The molecule has 7 heteroatoms. The molecule has 0 atom stereocenters. The molecule has 4 nitrogen and oxygen atoms in total. The van der Waals surface area contributed by atoms with Crippen LogP contribution >= 0.6 is 0 Å². The Hall–Kier alpha value is -2.31. The lowest BCUT2D eigenvalue weighted by Crippen LogP contribution is -2.17. The normalized spacial score (nSPS) is 14.8. The predicted octanol–water partition coefficient (Wildman–Crippen LogP) is 3.50. The highest BCUT2D eigenvalue weighted by atomic mass is 19.4. The summed E-state index contributed by atoms with van der Waals surface area (Å²) in [6, 6.07) is 4.84. The molecule has 0 N–H and O–H groups in total. The highest BCUT2D eigenvalue weighted by Crippen LogP contribution is 2.37. The molecule has 0 saturated carbocycles. The number of aryl methyl sites for hydroxylation is 1. The van der Waals surface area contributed by atoms with Crippen molar-refractivity contribution in [2.24, 2.45) is 0 Å². The maximum absolute atomic E-state index is 13.4. The van der Waals surface area contributed by atoms with E-state index in [0.717, 1.165) is 4.52 Å². The fourth-order valence-electron chi connectivity index (χ4n) is 2.82. The number of alkyl halides is 3. The Bertz CT molecular complexity index is 818. The van der Waals surface area contributed by atoms with E-state index in [4.69, 9.17) is 4.42 Å². The maximum Gasteiger partial charge on any atom is 0.433 e. The van der Waals surface area contributed by atoms with Crippen molar-refractivity contribution in [3.8, 4) is 11.5 Å². The number of furan rings is 1. The van der Waals surface area contributed by atoms with Crippen molar-refractivity contribution in [1.29, 1.82) is 0 Å². The highest BCUT2D eigenvalue weighted by Gasteiger charge is 2.39. The Morgan fingerprint density at radius 2 is 2.10 bits per heavy atom. The van der Waals surface area contributed by atoms with Crippen molar-refractivity contribution in [3.05, 3.63) is 41.4 Å². The lowest BCUT2D eigenvalue weighted by atomic mass is 10.1. The van der Waals surface area contributed by atoms with Crippen LogP contribution in [-0.4, -0.2) is 14.6 Å². The van der Waals surface area contributed by atoms with Gasteiger partial charge in [-0.15, -0.1) is 0 Å². The second kappa shape index (κ2) is 4.09. The number of nitrogens with zero attached hydrogens (tertiary/aromatic N) is 3. The van der Waals surface area contributed by atoms with E-state index in [9.17, 15) is 13.2 Å². The Kier molecular flexibility index (Phi) is 2.42. The topological polar surface area (TPSA) is 43.3 Å². The molecule has 0 saturated heterocycles. The highest BCUT2D eigenvalue weighted by molar-refractivity contribution is 5.60. The van der Waals surface area contributed by atoms with Crippen LogP contribution in [0.25, 0.3) is 17.1 Å². The van der Waals surface area contributed by atoms with Crippen LogP contribution in [0.15, 0.2) is 28.9 Å². The summed E-state index contributed by atoms with van der Waals surface area (Å²) in [5.74, 6) is 0.425. The Morgan fingerprint density at radius 1 is 1.24 bits per heavy atom. The third-order valence-electron chi connectivity index (χ3n) is 3.67. The summed E-state index contributed by atoms with van der Waals surface area (Å²) in [7, 11) is 0. The first-order valence-electron chi connectivity index (χ1n) is 6.56. The quantitative estimate of drug-likeness (QED) is 0.689. The van der Waals surface area contributed by atoms with Crippen LogP contribution in [0.4, 0.5) is 13.2 Å². The molecule has 3 aromatic rings. The molecular formula is C14H10F3N3O. The van der Waals surface area contributed by atoms with Crippen LogP contribution in [-0.2, 0) is 19.0 Å². The molecule has 0 aromatic carbocycles. The molecule has 21 heavy (non-hydrogen) atoms. The van der Waals surface area contributed by atoms with Crippen molar-refractivity contribution in [1.82, 2.24) is 14.6 Å². The van der Waals surface area contributed by atoms with Crippen LogP contribution in [0, 0.1) is 0 Å². The number of aromatic nitrogens is 3. The number of hydrogen-bond acceptors (Lipinski definition) is 3.